The van der Waals surface area contributed by atoms with Crippen LogP contribution in [0, 0.1) is 0 Å². The highest BCUT2D eigenvalue weighted by molar-refractivity contribution is 5.76. The first-order valence-electron chi connectivity index (χ1n) is 11.6. The molecule has 0 saturated carbocycles. The average molecular weight is 423 g/mol. The van der Waals surface area contributed by atoms with Gasteiger partial charge in [-0.05, 0) is 50.6 Å². The van der Waals surface area contributed by atoms with E-state index in [-0.39, 0.29) is 18.1 Å². The third-order valence-corrected chi connectivity index (χ3v) is 6.26. The zero-order valence-electron chi connectivity index (χ0n) is 18.5. The number of para-hydroxylation sites is 1. The molecule has 0 radical (unpaired) electrons. The average Bonchev–Trinajstić information content (AvgIpc) is 2.96. The Morgan fingerprint density at radius 2 is 2.03 bits per heavy atom. The lowest BCUT2D eigenvalue weighted by Crippen LogP contribution is -2.41. The Balaban J connectivity index is 1.31. The number of piperidine rings is 1. The van der Waals surface area contributed by atoms with E-state index in [9.17, 15) is 4.79 Å². The van der Waals surface area contributed by atoms with Crippen LogP contribution in [-0.4, -0.2) is 59.5 Å². The Morgan fingerprint density at radius 3 is 2.84 bits per heavy atom. The van der Waals surface area contributed by atoms with Crippen molar-refractivity contribution in [2.75, 3.05) is 32.7 Å². The van der Waals surface area contributed by atoms with E-state index >= 15 is 0 Å². The topological polar surface area (TPSA) is 57.7 Å². The summed E-state index contributed by atoms with van der Waals surface area (Å²) in [6, 6.07) is 12.5. The number of fused-ring (bicyclic) bond motifs is 1. The number of nitrogens with one attached hydrogen (secondary N) is 1. The molecule has 1 amide bonds. The molecule has 1 aromatic carbocycles. The van der Waals surface area contributed by atoms with Crippen LogP contribution in [0.4, 0.5) is 0 Å². The molecule has 4 rings (SSSR count). The molecule has 2 aliphatic heterocycles. The van der Waals surface area contributed by atoms with Crippen molar-refractivity contribution >= 4 is 5.91 Å². The fourth-order valence-electron chi connectivity index (χ4n) is 4.66. The maximum atomic E-state index is 12.7. The van der Waals surface area contributed by atoms with Crippen molar-refractivity contribution in [3.8, 4) is 5.75 Å². The van der Waals surface area contributed by atoms with Gasteiger partial charge in [-0.15, -0.1) is 0 Å². The first-order chi connectivity index (χ1) is 15.2. The van der Waals surface area contributed by atoms with Gasteiger partial charge in [-0.3, -0.25) is 19.6 Å². The molecule has 1 fully saturated rings. The first kappa shape index (κ1) is 21.8. The van der Waals surface area contributed by atoms with Gasteiger partial charge in [0, 0.05) is 50.6 Å². The highest BCUT2D eigenvalue weighted by Gasteiger charge is 2.24. The first-order valence-corrected chi connectivity index (χ1v) is 11.6. The number of aromatic nitrogens is 1. The highest BCUT2D eigenvalue weighted by atomic mass is 16.5. The predicted molar refractivity (Wildman–Crippen MR) is 122 cm³/mol. The lowest BCUT2D eigenvalue weighted by Gasteiger charge is -2.34. The Morgan fingerprint density at radius 1 is 1.19 bits per heavy atom. The van der Waals surface area contributed by atoms with Crippen LogP contribution in [-0.2, 0) is 11.3 Å². The SMILES string of the molecule is C[C@@H]1CN(CCC(=O)NC[C@H](c2cccnc2)N2CCCCC2)Cc2ccccc2O1. The van der Waals surface area contributed by atoms with Gasteiger partial charge in [0.15, 0.2) is 0 Å². The van der Waals surface area contributed by atoms with Crippen molar-refractivity contribution < 1.29 is 9.53 Å². The quantitative estimate of drug-likeness (QED) is 0.741. The summed E-state index contributed by atoms with van der Waals surface area (Å²) < 4.78 is 6.04. The Bertz CT molecular complexity index is 838. The van der Waals surface area contributed by atoms with Crippen molar-refractivity contribution in [2.45, 2.75) is 51.3 Å². The number of rotatable bonds is 7. The van der Waals surface area contributed by atoms with Crippen LogP contribution in [0.1, 0.15) is 49.8 Å². The third-order valence-electron chi connectivity index (χ3n) is 6.26. The second kappa shape index (κ2) is 10.7. The number of carbonyl (C=O) groups is 1. The molecule has 3 heterocycles. The number of hydrogen-bond acceptors (Lipinski definition) is 5. The Hall–Kier alpha value is -2.44. The molecule has 31 heavy (non-hydrogen) atoms. The van der Waals surface area contributed by atoms with Gasteiger partial charge in [0.2, 0.25) is 5.91 Å². The Labute approximate surface area is 185 Å². The number of nitrogens with zero attached hydrogens (tertiary/aromatic N) is 3. The van der Waals surface area contributed by atoms with E-state index in [0.29, 0.717) is 13.0 Å². The summed E-state index contributed by atoms with van der Waals surface area (Å²) in [6.45, 7) is 7.27. The normalized spacial score (nSPS) is 20.9. The molecule has 0 spiro atoms. The summed E-state index contributed by atoms with van der Waals surface area (Å²) in [5.41, 5.74) is 2.37. The van der Waals surface area contributed by atoms with Gasteiger partial charge >= 0.3 is 0 Å². The molecule has 0 aliphatic carbocycles. The molecular formula is C25H34N4O2. The van der Waals surface area contributed by atoms with Crippen LogP contribution in [0.2, 0.25) is 0 Å². The molecular weight excluding hydrogens is 388 g/mol. The number of benzene rings is 1. The van der Waals surface area contributed by atoms with E-state index in [1.54, 1.807) is 6.20 Å². The maximum Gasteiger partial charge on any atom is 0.221 e. The number of carbonyl (C=O) groups excluding carboxylic acids is 1. The van der Waals surface area contributed by atoms with Crippen LogP contribution in [0.5, 0.6) is 5.75 Å². The minimum Gasteiger partial charge on any atom is -0.489 e. The molecule has 0 unspecified atom stereocenters. The molecule has 2 aliphatic rings. The molecule has 6 heteroatoms. The molecule has 1 N–H and O–H groups in total. The maximum absolute atomic E-state index is 12.7. The third kappa shape index (κ3) is 6.05. The number of pyridine rings is 1. The van der Waals surface area contributed by atoms with E-state index < -0.39 is 0 Å². The number of hydrogen-bond donors (Lipinski definition) is 1. The predicted octanol–water partition coefficient (Wildman–Crippen LogP) is 3.40. The van der Waals surface area contributed by atoms with Gasteiger partial charge in [-0.1, -0.05) is 30.7 Å². The van der Waals surface area contributed by atoms with Crippen LogP contribution in [0.25, 0.3) is 0 Å². The lowest BCUT2D eigenvalue weighted by atomic mass is 10.0. The van der Waals surface area contributed by atoms with E-state index in [1.807, 2.05) is 30.5 Å². The van der Waals surface area contributed by atoms with Crippen LogP contribution in [0.15, 0.2) is 48.8 Å². The Kier molecular flexibility index (Phi) is 7.54. The minimum atomic E-state index is 0.108. The van der Waals surface area contributed by atoms with Crippen LogP contribution in [0.3, 0.4) is 0 Å². The molecule has 1 aromatic heterocycles. The lowest BCUT2D eigenvalue weighted by molar-refractivity contribution is -0.121. The largest absolute Gasteiger partial charge is 0.489 e. The van der Waals surface area contributed by atoms with E-state index in [2.05, 4.69) is 39.2 Å². The van der Waals surface area contributed by atoms with E-state index in [0.717, 1.165) is 38.5 Å². The van der Waals surface area contributed by atoms with Crippen molar-refractivity contribution in [1.82, 2.24) is 20.1 Å². The molecule has 1 saturated heterocycles. The van der Waals surface area contributed by atoms with Gasteiger partial charge < -0.3 is 10.1 Å². The molecule has 166 valence electrons. The van der Waals surface area contributed by atoms with Gasteiger partial charge in [-0.25, -0.2) is 0 Å². The summed E-state index contributed by atoms with van der Waals surface area (Å²) in [4.78, 5) is 21.8. The number of likely N-dealkylation sites (tertiary alicyclic amines) is 1. The summed E-state index contributed by atoms with van der Waals surface area (Å²) >= 11 is 0. The smallest absolute Gasteiger partial charge is 0.221 e. The molecule has 6 nitrogen and oxygen atoms in total. The summed E-state index contributed by atoms with van der Waals surface area (Å²) in [5.74, 6) is 1.07. The molecule has 0 bridgehead atoms. The van der Waals surface area contributed by atoms with Gasteiger partial charge in [0.25, 0.3) is 0 Å². The number of ether oxygens (including phenoxy) is 1. The number of amides is 1. The standard InChI is InChI=1S/C25H34N4O2/c1-20-18-28(19-22-8-3-4-10-24(22)31-20)15-11-25(30)27-17-23(21-9-7-12-26-16-21)29-13-5-2-6-14-29/h3-4,7-10,12,16,20,23H,2,5-6,11,13-15,17-19H2,1H3,(H,27,30)/t20-,23-/m1/s1. The van der Waals surface area contributed by atoms with Gasteiger partial charge in [0.05, 0.1) is 6.04 Å². The van der Waals surface area contributed by atoms with Crippen LogP contribution < -0.4 is 10.1 Å². The van der Waals surface area contributed by atoms with E-state index in [4.69, 9.17) is 4.74 Å². The van der Waals surface area contributed by atoms with Crippen molar-refractivity contribution in [2.24, 2.45) is 0 Å². The van der Waals surface area contributed by atoms with Crippen molar-refractivity contribution in [3.05, 3.63) is 59.9 Å². The van der Waals surface area contributed by atoms with Crippen LogP contribution >= 0.6 is 0 Å². The minimum absolute atomic E-state index is 0.108. The monoisotopic (exact) mass is 422 g/mol. The fourth-order valence-corrected chi connectivity index (χ4v) is 4.66. The zero-order valence-corrected chi connectivity index (χ0v) is 18.5. The molecule has 2 atom stereocenters. The van der Waals surface area contributed by atoms with Crippen molar-refractivity contribution in [1.29, 1.82) is 0 Å². The van der Waals surface area contributed by atoms with Gasteiger partial charge in [-0.2, -0.15) is 0 Å². The fraction of sp³-hybridized carbons (Fsp3) is 0.520. The second-order valence-corrected chi connectivity index (χ2v) is 8.72. The summed E-state index contributed by atoms with van der Waals surface area (Å²) in [5, 5.41) is 3.20. The van der Waals surface area contributed by atoms with Gasteiger partial charge in [0.1, 0.15) is 11.9 Å². The highest BCUT2D eigenvalue weighted by Crippen LogP contribution is 2.25. The zero-order chi connectivity index (χ0) is 21.5. The van der Waals surface area contributed by atoms with E-state index in [1.165, 1.54) is 30.4 Å². The summed E-state index contributed by atoms with van der Waals surface area (Å²) in [6.07, 6.45) is 8.09. The second-order valence-electron chi connectivity index (χ2n) is 8.72. The van der Waals surface area contributed by atoms with Crippen molar-refractivity contribution in [3.63, 3.8) is 0 Å². The molecule has 2 aromatic rings. The summed E-state index contributed by atoms with van der Waals surface area (Å²) in [7, 11) is 0.